The van der Waals surface area contributed by atoms with Crippen LogP contribution in [0.5, 0.6) is 0 Å². The Morgan fingerprint density at radius 1 is 1.25 bits per heavy atom. The first-order valence-corrected chi connectivity index (χ1v) is 6.86. The van der Waals surface area contributed by atoms with Crippen molar-refractivity contribution < 1.29 is 8.42 Å². The first-order valence-electron chi connectivity index (χ1n) is 5.05. The maximum Gasteiger partial charge on any atom is 0.243 e. The van der Waals surface area contributed by atoms with E-state index in [-0.39, 0.29) is 0 Å². The van der Waals surface area contributed by atoms with Gasteiger partial charge in [-0.2, -0.15) is 4.31 Å². The quantitative estimate of drug-likeness (QED) is 0.817. The summed E-state index contributed by atoms with van der Waals surface area (Å²) in [5.41, 5.74) is 1.47. The van der Waals surface area contributed by atoms with Gasteiger partial charge < -0.3 is 0 Å². The molecule has 1 aromatic rings. The Morgan fingerprint density at radius 3 is 2.38 bits per heavy atom. The lowest BCUT2D eigenvalue weighted by atomic mass is 10.2. The molecule has 1 heterocycles. The van der Waals surface area contributed by atoms with E-state index in [9.17, 15) is 8.42 Å². The average Bonchev–Trinajstić information content (AvgIpc) is 2.07. The summed E-state index contributed by atoms with van der Waals surface area (Å²) in [5, 5.41) is 0.601. The second-order valence-electron chi connectivity index (χ2n) is 3.95. The third-order valence-corrected chi connectivity index (χ3v) is 5.08. The van der Waals surface area contributed by atoms with Crippen LogP contribution in [-0.2, 0) is 10.0 Å². The second-order valence-corrected chi connectivity index (χ2v) is 6.22. The first kappa shape index (κ1) is 11.9. The van der Waals surface area contributed by atoms with Crippen LogP contribution in [0.2, 0.25) is 5.02 Å². The zero-order valence-corrected chi connectivity index (χ0v) is 10.8. The van der Waals surface area contributed by atoms with E-state index in [0.717, 1.165) is 12.0 Å². The summed E-state index contributed by atoms with van der Waals surface area (Å²) in [5.74, 6) is 0. The van der Waals surface area contributed by atoms with E-state index >= 15 is 0 Å². The van der Waals surface area contributed by atoms with Crippen LogP contribution < -0.4 is 0 Å². The number of aryl methyl sites for hydroxylation is 2. The molecule has 0 aliphatic carbocycles. The van der Waals surface area contributed by atoms with Crippen molar-refractivity contribution in [1.82, 2.24) is 4.31 Å². The summed E-state index contributed by atoms with van der Waals surface area (Å²) in [4.78, 5) is 0.352. The second kappa shape index (κ2) is 4.02. The molecule has 0 bridgehead atoms. The molecule has 1 aliphatic heterocycles. The van der Waals surface area contributed by atoms with Crippen LogP contribution in [0, 0.1) is 20.4 Å². The molecule has 0 atom stereocenters. The van der Waals surface area contributed by atoms with Crippen LogP contribution in [0.1, 0.15) is 17.5 Å². The molecule has 0 unspecified atom stereocenters. The molecular weight excluding hydrogens is 246 g/mol. The molecule has 5 heteroatoms. The minimum atomic E-state index is -3.35. The molecule has 2 rings (SSSR count). The van der Waals surface area contributed by atoms with Gasteiger partial charge in [0, 0.05) is 18.1 Å². The summed E-state index contributed by atoms with van der Waals surface area (Å²) in [6.45, 7) is 5.83. The Kier molecular flexibility index (Phi) is 2.99. The molecule has 0 aromatic heterocycles. The number of benzene rings is 1. The Bertz CT molecular complexity index is 521. The summed E-state index contributed by atoms with van der Waals surface area (Å²) in [7, 11) is -3.35. The molecule has 0 amide bonds. The lowest BCUT2D eigenvalue weighted by Crippen LogP contribution is -2.38. The number of halogens is 1. The Balaban J connectivity index is 2.51. The molecular formula is C11H13ClNO2S. The van der Waals surface area contributed by atoms with E-state index in [1.165, 1.54) is 4.31 Å². The Morgan fingerprint density at radius 2 is 1.88 bits per heavy atom. The highest BCUT2D eigenvalue weighted by Gasteiger charge is 2.31. The number of hydrogen-bond acceptors (Lipinski definition) is 2. The van der Waals surface area contributed by atoms with Gasteiger partial charge in [-0.3, -0.25) is 0 Å². The smallest absolute Gasteiger partial charge is 0.207 e. The van der Waals surface area contributed by atoms with E-state index in [1.54, 1.807) is 32.5 Å². The van der Waals surface area contributed by atoms with E-state index in [2.05, 4.69) is 0 Å². The SMILES string of the molecule is Cc1cc(S(=O)(=O)N2[CH]CC2)c(C)cc1Cl. The summed E-state index contributed by atoms with van der Waals surface area (Å²) >= 11 is 5.95. The predicted molar refractivity (Wildman–Crippen MR) is 63.7 cm³/mol. The minimum Gasteiger partial charge on any atom is -0.207 e. The van der Waals surface area contributed by atoms with E-state index in [0.29, 0.717) is 22.0 Å². The van der Waals surface area contributed by atoms with Crippen LogP contribution in [0.15, 0.2) is 17.0 Å². The van der Waals surface area contributed by atoms with Crippen molar-refractivity contribution in [3.05, 3.63) is 34.8 Å². The normalized spacial score (nSPS) is 17.2. The molecule has 87 valence electrons. The van der Waals surface area contributed by atoms with Crippen LogP contribution >= 0.6 is 11.6 Å². The maximum absolute atomic E-state index is 12.2. The lowest BCUT2D eigenvalue weighted by Gasteiger charge is -2.29. The fraction of sp³-hybridized carbons (Fsp3) is 0.364. The molecule has 1 aromatic carbocycles. The van der Waals surface area contributed by atoms with Crippen LogP contribution in [-0.4, -0.2) is 19.3 Å². The van der Waals surface area contributed by atoms with E-state index < -0.39 is 10.0 Å². The zero-order chi connectivity index (χ0) is 11.9. The molecule has 1 radical (unpaired) electrons. The van der Waals surface area contributed by atoms with Crippen molar-refractivity contribution in [2.24, 2.45) is 0 Å². The molecule has 0 spiro atoms. The van der Waals surface area contributed by atoms with Crippen molar-refractivity contribution in [3.8, 4) is 0 Å². The van der Waals surface area contributed by atoms with Gasteiger partial charge in [-0.05, 0) is 43.5 Å². The molecule has 1 aliphatic rings. The monoisotopic (exact) mass is 258 g/mol. The predicted octanol–water partition coefficient (Wildman–Crippen LogP) is 2.51. The van der Waals surface area contributed by atoms with Crippen molar-refractivity contribution in [1.29, 1.82) is 0 Å². The van der Waals surface area contributed by atoms with E-state index in [4.69, 9.17) is 11.6 Å². The summed E-state index contributed by atoms with van der Waals surface area (Å²) in [6, 6.07) is 3.34. The van der Waals surface area contributed by atoms with Crippen LogP contribution in [0.4, 0.5) is 0 Å². The third-order valence-electron chi connectivity index (χ3n) is 2.73. The molecule has 0 N–H and O–H groups in total. The van der Waals surface area contributed by atoms with Crippen LogP contribution in [0.3, 0.4) is 0 Å². The van der Waals surface area contributed by atoms with Gasteiger partial charge in [-0.15, -0.1) is 0 Å². The number of hydrogen-bond donors (Lipinski definition) is 0. The largest absolute Gasteiger partial charge is 0.243 e. The number of nitrogens with zero attached hydrogens (tertiary/aromatic N) is 1. The standard InChI is InChI=1S/C11H13ClNO2S/c1-8-7-11(9(2)6-10(8)12)16(14,15)13-4-3-5-13/h4,6-7H,3,5H2,1-2H3. The molecule has 16 heavy (non-hydrogen) atoms. The third kappa shape index (κ3) is 1.85. The highest BCUT2D eigenvalue weighted by atomic mass is 35.5. The van der Waals surface area contributed by atoms with Crippen molar-refractivity contribution in [2.75, 3.05) is 6.54 Å². The van der Waals surface area contributed by atoms with E-state index in [1.807, 2.05) is 0 Å². The fourth-order valence-corrected chi connectivity index (χ4v) is 3.52. The molecule has 3 nitrogen and oxygen atoms in total. The number of sulfonamides is 1. The van der Waals surface area contributed by atoms with Gasteiger partial charge in [-0.25, -0.2) is 8.42 Å². The van der Waals surface area contributed by atoms with Crippen molar-refractivity contribution in [3.63, 3.8) is 0 Å². The highest BCUT2D eigenvalue weighted by molar-refractivity contribution is 7.89. The molecule has 1 fully saturated rings. The van der Waals surface area contributed by atoms with Gasteiger partial charge in [-0.1, -0.05) is 11.6 Å². The average molecular weight is 259 g/mol. The summed E-state index contributed by atoms with van der Waals surface area (Å²) < 4.78 is 25.7. The molecule has 0 saturated carbocycles. The van der Waals surface area contributed by atoms with Gasteiger partial charge in [0.2, 0.25) is 10.0 Å². The minimum absolute atomic E-state index is 0.352. The number of rotatable bonds is 2. The first-order chi connectivity index (χ1) is 7.43. The van der Waals surface area contributed by atoms with Gasteiger partial charge in [0.05, 0.1) is 4.90 Å². The lowest BCUT2D eigenvalue weighted by molar-refractivity contribution is 0.379. The topological polar surface area (TPSA) is 37.4 Å². The fourth-order valence-electron chi connectivity index (χ4n) is 1.61. The molecule has 1 saturated heterocycles. The zero-order valence-electron chi connectivity index (χ0n) is 9.20. The van der Waals surface area contributed by atoms with Gasteiger partial charge >= 0.3 is 0 Å². The Labute approximate surface area is 101 Å². The summed E-state index contributed by atoms with van der Waals surface area (Å²) in [6.07, 6.45) is 0.824. The maximum atomic E-state index is 12.2. The van der Waals surface area contributed by atoms with Gasteiger partial charge in [0.1, 0.15) is 0 Å². The van der Waals surface area contributed by atoms with Crippen LogP contribution in [0.25, 0.3) is 0 Å². The highest BCUT2D eigenvalue weighted by Crippen LogP contribution is 2.29. The van der Waals surface area contributed by atoms with Gasteiger partial charge in [0.25, 0.3) is 0 Å². The Hall–Kier alpha value is -0.580. The van der Waals surface area contributed by atoms with Crippen molar-refractivity contribution >= 4 is 21.6 Å². The van der Waals surface area contributed by atoms with Crippen molar-refractivity contribution in [2.45, 2.75) is 25.2 Å². The van der Waals surface area contributed by atoms with Gasteiger partial charge in [0.15, 0.2) is 0 Å².